The molecule has 2 heterocycles. The van der Waals surface area contributed by atoms with Crippen molar-refractivity contribution in [1.29, 1.82) is 0 Å². The molecule has 0 aliphatic rings. The second kappa shape index (κ2) is 8.92. The predicted octanol–water partition coefficient (Wildman–Crippen LogP) is 5.36. The molecule has 0 N–H and O–H groups in total. The van der Waals surface area contributed by atoms with Crippen LogP contribution in [0.2, 0.25) is 0 Å². The number of nitrogens with zero attached hydrogens (tertiary/aromatic N) is 2. The minimum Gasteiger partial charge on any atom is -0.497 e. The minimum atomic E-state index is -0.261. The summed E-state index contributed by atoms with van der Waals surface area (Å²) in [5, 5.41) is 4.78. The fourth-order valence-electron chi connectivity index (χ4n) is 3.35. The van der Waals surface area contributed by atoms with Crippen molar-refractivity contribution < 1.29 is 18.6 Å². The molecule has 5 aromatic rings. The lowest BCUT2D eigenvalue weighted by Gasteiger charge is -2.08. The van der Waals surface area contributed by atoms with Crippen LogP contribution in [0, 0.1) is 0 Å². The SMILES string of the molecule is COc1ccc(Oc2coc3cc(OCc4cnn(-c5ccccc5)c4)ccc3c2=O)cc1. The Bertz CT molecular complexity index is 1440. The second-order valence-electron chi connectivity index (χ2n) is 7.28. The highest BCUT2D eigenvalue weighted by Crippen LogP contribution is 2.25. The van der Waals surface area contributed by atoms with Gasteiger partial charge in [0.2, 0.25) is 11.2 Å². The summed E-state index contributed by atoms with van der Waals surface area (Å²) in [6.07, 6.45) is 4.98. The summed E-state index contributed by atoms with van der Waals surface area (Å²) in [4.78, 5) is 12.8. The molecule has 0 aliphatic heterocycles. The highest BCUT2D eigenvalue weighted by atomic mass is 16.5. The van der Waals surface area contributed by atoms with E-state index >= 15 is 0 Å². The summed E-state index contributed by atoms with van der Waals surface area (Å²) in [6, 6.07) is 21.9. The van der Waals surface area contributed by atoms with E-state index in [0.29, 0.717) is 34.8 Å². The zero-order valence-electron chi connectivity index (χ0n) is 17.8. The molecule has 0 aliphatic carbocycles. The fraction of sp³-hybridized carbons (Fsp3) is 0.0769. The maximum atomic E-state index is 12.8. The van der Waals surface area contributed by atoms with Crippen LogP contribution in [0.5, 0.6) is 23.0 Å². The Balaban J connectivity index is 1.30. The van der Waals surface area contributed by atoms with E-state index in [9.17, 15) is 4.79 Å². The Labute approximate surface area is 189 Å². The molecule has 0 unspecified atom stereocenters. The van der Waals surface area contributed by atoms with E-state index in [4.69, 9.17) is 18.6 Å². The molecule has 33 heavy (non-hydrogen) atoms. The first-order valence-corrected chi connectivity index (χ1v) is 10.3. The summed E-state index contributed by atoms with van der Waals surface area (Å²) in [5.74, 6) is 1.91. The lowest BCUT2D eigenvalue weighted by atomic mass is 10.2. The van der Waals surface area contributed by atoms with Gasteiger partial charge in [0.15, 0.2) is 0 Å². The summed E-state index contributed by atoms with van der Waals surface area (Å²) in [6.45, 7) is 0.335. The number of ether oxygens (including phenoxy) is 3. The Hall–Kier alpha value is -4.52. The molecule has 3 aromatic carbocycles. The molecule has 0 amide bonds. The maximum absolute atomic E-state index is 12.8. The van der Waals surface area contributed by atoms with Crippen LogP contribution in [0.1, 0.15) is 5.56 Å². The van der Waals surface area contributed by atoms with Gasteiger partial charge >= 0.3 is 0 Å². The number of aromatic nitrogens is 2. The summed E-state index contributed by atoms with van der Waals surface area (Å²) in [5.41, 5.74) is 2.05. The van der Waals surface area contributed by atoms with Gasteiger partial charge in [-0.05, 0) is 48.5 Å². The van der Waals surface area contributed by atoms with Crippen molar-refractivity contribution in [2.45, 2.75) is 6.61 Å². The predicted molar refractivity (Wildman–Crippen MR) is 123 cm³/mol. The quantitative estimate of drug-likeness (QED) is 0.339. The number of hydrogen-bond acceptors (Lipinski definition) is 6. The summed E-state index contributed by atoms with van der Waals surface area (Å²) < 4.78 is 24.1. The van der Waals surface area contributed by atoms with Crippen molar-refractivity contribution >= 4 is 11.0 Å². The third kappa shape index (κ3) is 4.43. The van der Waals surface area contributed by atoms with Crippen LogP contribution in [0.25, 0.3) is 16.7 Å². The summed E-state index contributed by atoms with van der Waals surface area (Å²) in [7, 11) is 1.59. The Morgan fingerprint density at radius 1 is 0.939 bits per heavy atom. The van der Waals surface area contributed by atoms with Gasteiger partial charge in [-0.15, -0.1) is 0 Å². The van der Waals surface area contributed by atoms with Gasteiger partial charge in [-0.2, -0.15) is 5.10 Å². The van der Waals surface area contributed by atoms with E-state index in [1.54, 1.807) is 60.5 Å². The van der Waals surface area contributed by atoms with Gasteiger partial charge in [0.05, 0.1) is 24.4 Å². The molecule has 0 spiro atoms. The Morgan fingerprint density at radius 3 is 2.48 bits per heavy atom. The van der Waals surface area contributed by atoms with Crippen LogP contribution < -0.4 is 19.6 Å². The number of benzene rings is 3. The molecule has 164 valence electrons. The summed E-state index contributed by atoms with van der Waals surface area (Å²) >= 11 is 0. The Kier molecular flexibility index (Phi) is 5.51. The molecule has 7 heteroatoms. The van der Waals surface area contributed by atoms with Gasteiger partial charge in [0.25, 0.3) is 0 Å². The van der Waals surface area contributed by atoms with E-state index in [1.807, 2.05) is 36.5 Å². The lowest BCUT2D eigenvalue weighted by molar-refractivity contribution is 0.306. The van der Waals surface area contributed by atoms with Gasteiger partial charge in [-0.3, -0.25) is 4.79 Å². The molecule has 7 nitrogen and oxygen atoms in total. The van der Waals surface area contributed by atoms with Crippen molar-refractivity contribution in [2.75, 3.05) is 7.11 Å². The molecule has 5 rings (SSSR count). The number of para-hydroxylation sites is 1. The van der Waals surface area contributed by atoms with Crippen molar-refractivity contribution in [2.24, 2.45) is 0 Å². The monoisotopic (exact) mass is 440 g/mol. The highest BCUT2D eigenvalue weighted by molar-refractivity contribution is 5.79. The van der Waals surface area contributed by atoms with Crippen molar-refractivity contribution in [3.8, 4) is 28.7 Å². The van der Waals surface area contributed by atoms with Crippen LogP contribution >= 0.6 is 0 Å². The topological polar surface area (TPSA) is 75.7 Å². The Morgan fingerprint density at radius 2 is 1.70 bits per heavy atom. The van der Waals surface area contributed by atoms with E-state index in [2.05, 4.69) is 5.10 Å². The van der Waals surface area contributed by atoms with Gasteiger partial charge in [-0.25, -0.2) is 4.68 Å². The normalized spacial score (nSPS) is 10.8. The molecule has 0 fully saturated rings. The number of rotatable bonds is 7. The van der Waals surface area contributed by atoms with Gasteiger partial charge in [0, 0.05) is 17.8 Å². The number of fused-ring (bicyclic) bond motifs is 1. The lowest BCUT2D eigenvalue weighted by Crippen LogP contribution is -2.05. The largest absolute Gasteiger partial charge is 0.497 e. The smallest absolute Gasteiger partial charge is 0.235 e. The molecular formula is C26H20N2O5. The van der Waals surface area contributed by atoms with Crippen LogP contribution in [0.3, 0.4) is 0 Å². The van der Waals surface area contributed by atoms with Crippen LogP contribution in [-0.2, 0) is 6.61 Å². The van der Waals surface area contributed by atoms with Gasteiger partial charge in [-0.1, -0.05) is 18.2 Å². The standard InChI is InChI=1S/C26H20N2O5/c1-30-20-7-9-21(10-8-20)33-25-17-32-24-13-22(11-12-23(24)26(25)29)31-16-18-14-27-28(15-18)19-5-3-2-4-6-19/h2-15,17H,16H2,1H3. The molecule has 0 radical (unpaired) electrons. The van der Waals surface area contributed by atoms with Crippen LogP contribution in [-0.4, -0.2) is 16.9 Å². The maximum Gasteiger partial charge on any atom is 0.235 e. The average molecular weight is 440 g/mol. The van der Waals surface area contributed by atoms with Gasteiger partial charge < -0.3 is 18.6 Å². The third-order valence-corrected chi connectivity index (χ3v) is 5.06. The molecule has 0 saturated heterocycles. The van der Waals surface area contributed by atoms with Gasteiger partial charge in [0.1, 0.15) is 35.7 Å². The number of methoxy groups -OCH3 is 1. The van der Waals surface area contributed by atoms with Crippen molar-refractivity contribution in [3.63, 3.8) is 0 Å². The zero-order valence-corrected chi connectivity index (χ0v) is 17.8. The van der Waals surface area contributed by atoms with E-state index < -0.39 is 0 Å². The average Bonchev–Trinajstić information content (AvgIpc) is 3.35. The van der Waals surface area contributed by atoms with Crippen molar-refractivity contribution in [3.05, 3.63) is 107 Å². The first-order chi connectivity index (χ1) is 16.2. The molecule has 2 aromatic heterocycles. The second-order valence-corrected chi connectivity index (χ2v) is 7.28. The third-order valence-electron chi connectivity index (χ3n) is 5.06. The van der Waals surface area contributed by atoms with Crippen LogP contribution in [0.4, 0.5) is 0 Å². The fourth-order valence-corrected chi connectivity index (χ4v) is 3.35. The first-order valence-electron chi connectivity index (χ1n) is 10.3. The zero-order chi connectivity index (χ0) is 22.6. The first kappa shape index (κ1) is 20.4. The van der Waals surface area contributed by atoms with E-state index in [1.165, 1.54) is 6.26 Å². The highest BCUT2D eigenvalue weighted by Gasteiger charge is 2.11. The molecule has 0 atom stereocenters. The molecule has 0 saturated carbocycles. The molecular weight excluding hydrogens is 420 g/mol. The van der Waals surface area contributed by atoms with E-state index in [0.717, 1.165) is 11.3 Å². The van der Waals surface area contributed by atoms with E-state index in [-0.39, 0.29) is 11.2 Å². The molecule has 0 bridgehead atoms. The number of hydrogen-bond donors (Lipinski definition) is 0. The van der Waals surface area contributed by atoms with Crippen LogP contribution in [0.15, 0.2) is 101 Å². The van der Waals surface area contributed by atoms with Crippen molar-refractivity contribution in [1.82, 2.24) is 9.78 Å². The minimum absolute atomic E-state index is 0.106.